The van der Waals surface area contributed by atoms with Crippen molar-refractivity contribution in [3.8, 4) is 0 Å². The second-order valence-electron chi connectivity index (χ2n) is 8.74. The van der Waals surface area contributed by atoms with Gasteiger partial charge in [-0.15, -0.1) is 0 Å². The molecule has 0 saturated carbocycles. The number of rotatable bonds is 5. The molecule has 2 aliphatic heterocycles. The first kappa shape index (κ1) is 22.7. The van der Waals surface area contributed by atoms with Crippen LogP contribution in [0.4, 0.5) is 5.69 Å². The molecule has 0 radical (unpaired) electrons. The van der Waals surface area contributed by atoms with Gasteiger partial charge in [-0.2, -0.15) is 0 Å². The number of anilines is 1. The molecule has 1 amide bonds. The highest BCUT2D eigenvalue weighted by molar-refractivity contribution is 8.16. The molecule has 1 spiro atoms. The number of hydrogen-bond acceptors (Lipinski definition) is 5. The van der Waals surface area contributed by atoms with Crippen LogP contribution in [-0.4, -0.2) is 52.6 Å². The van der Waals surface area contributed by atoms with Crippen LogP contribution in [-0.2, 0) is 4.79 Å². The Morgan fingerprint density at radius 2 is 1.78 bits per heavy atom. The Kier molecular flexibility index (Phi) is 6.82. The molecule has 2 heterocycles. The van der Waals surface area contributed by atoms with E-state index in [2.05, 4.69) is 61.3 Å². The zero-order valence-corrected chi connectivity index (χ0v) is 20.3. The van der Waals surface area contributed by atoms with Gasteiger partial charge in [-0.1, -0.05) is 60.6 Å². The first-order valence-corrected chi connectivity index (χ1v) is 12.4. The summed E-state index contributed by atoms with van der Waals surface area (Å²) in [4.78, 5) is 25.4. The zero-order valence-electron chi connectivity index (χ0n) is 19.4. The molecule has 0 aromatic heterocycles. The average Bonchev–Trinajstić information content (AvgIpc) is 3.14. The van der Waals surface area contributed by atoms with Crippen LogP contribution in [0.25, 0.3) is 0 Å². The van der Waals surface area contributed by atoms with Gasteiger partial charge >= 0.3 is 0 Å². The van der Waals surface area contributed by atoms with E-state index in [1.54, 1.807) is 0 Å². The third-order valence-electron chi connectivity index (χ3n) is 6.48. The summed E-state index contributed by atoms with van der Waals surface area (Å²) in [6.45, 7) is 11.5. The third kappa shape index (κ3) is 4.97. The Bertz CT molecular complexity index is 1050. The van der Waals surface area contributed by atoms with E-state index >= 15 is 0 Å². The van der Waals surface area contributed by atoms with Gasteiger partial charge in [-0.25, -0.2) is 4.99 Å². The summed E-state index contributed by atoms with van der Waals surface area (Å²) in [5.41, 5.74) is 6.00. The Balaban J connectivity index is 1.51. The van der Waals surface area contributed by atoms with Crippen molar-refractivity contribution in [2.45, 2.75) is 46.2 Å². The maximum absolute atomic E-state index is 12.7. The number of aliphatic imine (C=N–C) groups is 2. The monoisotopic (exact) mass is 448 g/mol. The van der Waals surface area contributed by atoms with Crippen LogP contribution in [0.15, 0.2) is 52.4 Å². The summed E-state index contributed by atoms with van der Waals surface area (Å²) in [5, 5.41) is 3.94. The van der Waals surface area contributed by atoms with Crippen molar-refractivity contribution in [3.05, 3.63) is 64.7 Å². The molecular formula is C26H32N4OS. The van der Waals surface area contributed by atoms with E-state index in [0.717, 1.165) is 60.0 Å². The van der Waals surface area contributed by atoms with Crippen molar-refractivity contribution in [2.24, 2.45) is 9.98 Å². The van der Waals surface area contributed by atoms with Crippen LogP contribution in [0, 0.1) is 20.8 Å². The first-order valence-electron chi connectivity index (χ1n) is 11.4. The van der Waals surface area contributed by atoms with Gasteiger partial charge in [0.05, 0.1) is 11.5 Å². The van der Waals surface area contributed by atoms with Crippen molar-refractivity contribution < 1.29 is 4.79 Å². The summed E-state index contributed by atoms with van der Waals surface area (Å²) < 4.78 is 0. The van der Waals surface area contributed by atoms with Crippen molar-refractivity contribution >= 4 is 34.1 Å². The van der Waals surface area contributed by atoms with Gasteiger partial charge < -0.3 is 10.2 Å². The fourth-order valence-electron chi connectivity index (χ4n) is 4.18. The Labute approximate surface area is 195 Å². The smallest absolute Gasteiger partial charge is 0.234 e. The number of amides is 1. The standard InChI is InChI=1S/C26H32N4OS/c1-5-30-15-13-26(14-16-30)28-24(21-11-9-18(2)10-12-21)25(29-26)32-17-23(31)27-22-8-6-7-19(3)20(22)4/h6-12H,5,13-17H2,1-4H3,(H,27,31). The number of hydrogen-bond donors (Lipinski definition) is 1. The van der Waals surface area contributed by atoms with E-state index in [1.807, 2.05) is 19.1 Å². The molecule has 32 heavy (non-hydrogen) atoms. The number of aryl methyl sites for hydroxylation is 2. The highest BCUT2D eigenvalue weighted by atomic mass is 32.2. The van der Waals surface area contributed by atoms with E-state index in [1.165, 1.54) is 22.9 Å². The quantitative estimate of drug-likeness (QED) is 0.701. The predicted octanol–water partition coefficient (Wildman–Crippen LogP) is 5.00. The second kappa shape index (κ2) is 9.59. The summed E-state index contributed by atoms with van der Waals surface area (Å²) in [6.07, 6.45) is 1.85. The van der Waals surface area contributed by atoms with Crippen molar-refractivity contribution in [2.75, 3.05) is 30.7 Å². The van der Waals surface area contributed by atoms with E-state index in [9.17, 15) is 4.79 Å². The lowest BCUT2D eigenvalue weighted by Gasteiger charge is -2.34. The lowest BCUT2D eigenvalue weighted by molar-refractivity contribution is -0.113. The van der Waals surface area contributed by atoms with Gasteiger partial charge in [-0.05, 0) is 44.5 Å². The number of likely N-dealkylation sites (tertiary alicyclic amines) is 1. The molecule has 1 N–H and O–H groups in total. The fraction of sp³-hybridized carbons (Fsp3) is 0.423. The number of nitrogens with zero attached hydrogens (tertiary/aromatic N) is 3. The Morgan fingerprint density at radius 1 is 1.06 bits per heavy atom. The molecule has 0 bridgehead atoms. The normalized spacial score (nSPS) is 17.9. The molecule has 0 aliphatic carbocycles. The van der Waals surface area contributed by atoms with Crippen molar-refractivity contribution in [1.29, 1.82) is 0 Å². The SMILES string of the molecule is CCN1CCC2(CC1)N=C(SCC(=O)Nc1cccc(C)c1C)C(c1ccc(C)cc1)=N2. The van der Waals surface area contributed by atoms with Crippen LogP contribution in [0.2, 0.25) is 0 Å². The predicted molar refractivity (Wildman–Crippen MR) is 136 cm³/mol. The van der Waals surface area contributed by atoms with E-state index < -0.39 is 0 Å². The van der Waals surface area contributed by atoms with Crippen LogP contribution in [0.1, 0.15) is 42.0 Å². The molecule has 0 unspecified atom stereocenters. The van der Waals surface area contributed by atoms with Gasteiger partial charge in [0.15, 0.2) is 5.66 Å². The number of nitrogens with one attached hydrogen (secondary N) is 1. The van der Waals surface area contributed by atoms with Crippen LogP contribution in [0.3, 0.4) is 0 Å². The Hall–Kier alpha value is -2.44. The fourth-order valence-corrected chi connectivity index (χ4v) is 5.06. The number of thioether (sulfide) groups is 1. The van der Waals surface area contributed by atoms with Gasteiger partial charge in [0.25, 0.3) is 0 Å². The molecule has 0 atom stereocenters. The highest BCUT2D eigenvalue weighted by Crippen LogP contribution is 2.35. The molecular weight excluding hydrogens is 416 g/mol. The molecule has 1 fully saturated rings. The Morgan fingerprint density at radius 3 is 2.47 bits per heavy atom. The third-order valence-corrected chi connectivity index (χ3v) is 7.44. The number of piperidine rings is 1. The maximum Gasteiger partial charge on any atom is 0.234 e. The van der Waals surface area contributed by atoms with E-state index in [0.29, 0.717) is 5.75 Å². The minimum absolute atomic E-state index is 0.0172. The van der Waals surface area contributed by atoms with Crippen LogP contribution < -0.4 is 5.32 Å². The van der Waals surface area contributed by atoms with E-state index in [-0.39, 0.29) is 11.6 Å². The molecule has 2 aromatic carbocycles. The van der Waals surface area contributed by atoms with Gasteiger partial charge in [0.2, 0.25) is 5.91 Å². The topological polar surface area (TPSA) is 57.1 Å². The average molecular weight is 449 g/mol. The molecule has 6 heteroatoms. The molecule has 4 rings (SSSR count). The number of benzene rings is 2. The van der Waals surface area contributed by atoms with E-state index in [4.69, 9.17) is 9.98 Å². The molecule has 2 aliphatic rings. The zero-order chi connectivity index (χ0) is 22.7. The van der Waals surface area contributed by atoms with Crippen molar-refractivity contribution in [3.63, 3.8) is 0 Å². The number of carbonyl (C=O) groups is 1. The maximum atomic E-state index is 12.7. The minimum Gasteiger partial charge on any atom is -0.325 e. The van der Waals surface area contributed by atoms with Crippen LogP contribution in [0.5, 0.6) is 0 Å². The minimum atomic E-state index is -0.377. The van der Waals surface area contributed by atoms with Gasteiger partial charge in [0, 0.05) is 37.2 Å². The molecule has 2 aromatic rings. The number of carbonyl (C=O) groups excluding carboxylic acids is 1. The van der Waals surface area contributed by atoms with Crippen LogP contribution >= 0.6 is 11.8 Å². The molecule has 5 nitrogen and oxygen atoms in total. The lowest BCUT2D eigenvalue weighted by atomic mass is 9.98. The first-order chi connectivity index (χ1) is 15.4. The second-order valence-corrected chi connectivity index (χ2v) is 9.71. The highest BCUT2D eigenvalue weighted by Gasteiger charge is 2.39. The summed E-state index contributed by atoms with van der Waals surface area (Å²) >= 11 is 1.50. The summed E-state index contributed by atoms with van der Waals surface area (Å²) in [5.74, 6) is 0.297. The van der Waals surface area contributed by atoms with Gasteiger partial charge in [-0.3, -0.25) is 9.79 Å². The molecule has 1 saturated heterocycles. The summed E-state index contributed by atoms with van der Waals surface area (Å²) in [7, 11) is 0. The molecule has 168 valence electrons. The van der Waals surface area contributed by atoms with Gasteiger partial charge in [0.1, 0.15) is 5.04 Å². The van der Waals surface area contributed by atoms with Crippen molar-refractivity contribution in [1.82, 2.24) is 4.90 Å². The largest absolute Gasteiger partial charge is 0.325 e. The lowest BCUT2D eigenvalue weighted by Crippen LogP contribution is -2.41. The summed E-state index contributed by atoms with van der Waals surface area (Å²) in [6, 6.07) is 14.4.